The van der Waals surface area contributed by atoms with E-state index in [9.17, 15) is 0 Å². The minimum Gasteiger partial charge on any atom is -0.311 e. The number of nitrogens with one attached hydrogen (secondary N) is 1. The predicted molar refractivity (Wildman–Crippen MR) is 79.4 cm³/mol. The second-order valence-corrected chi connectivity index (χ2v) is 4.85. The van der Waals surface area contributed by atoms with Crippen LogP contribution < -0.4 is 5.32 Å². The molecule has 0 bridgehead atoms. The summed E-state index contributed by atoms with van der Waals surface area (Å²) >= 11 is 0. The molecule has 1 N–H and O–H groups in total. The van der Waals surface area contributed by atoms with E-state index in [0.717, 1.165) is 5.69 Å². The molecule has 1 heterocycles. The second kappa shape index (κ2) is 6.53. The van der Waals surface area contributed by atoms with Gasteiger partial charge in [0.15, 0.2) is 0 Å². The lowest BCUT2D eigenvalue weighted by Crippen LogP contribution is -2.27. The zero-order valence-corrected chi connectivity index (χ0v) is 12.0. The van der Waals surface area contributed by atoms with Gasteiger partial charge in [0, 0.05) is 6.20 Å². The zero-order chi connectivity index (χ0) is 13.7. The molecule has 0 saturated heterocycles. The number of hydrogen-bond donors (Lipinski definition) is 1. The van der Waals surface area contributed by atoms with Crippen LogP contribution in [0.2, 0.25) is 0 Å². The minimum absolute atomic E-state index is 0.345. The van der Waals surface area contributed by atoms with Crippen LogP contribution >= 0.6 is 0 Å². The van der Waals surface area contributed by atoms with Crippen LogP contribution in [0, 0.1) is 5.92 Å². The molecular formula is C16H23N3. The molecule has 3 nitrogen and oxygen atoms in total. The normalized spacial score (nSPS) is 12.8. The van der Waals surface area contributed by atoms with E-state index in [1.165, 1.54) is 18.5 Å². The van der Waals surface area contributed by atoms with Crippen LogP contribution in [0.5, 0.6) is 0 Å². The molecule has 3 heteroatoms. The number of nitrogens with zero attached hydrogens (tertiary/aromatic N) is 2. The first-order chi connectivity index (χ1) is 9.31. The van der Waals surface area contributed by atoms with E-state index in [1.54, 1.807) is 0 Å². The molecular weight excluding hydrogens is 234 g/mol. The molecule has 0 aliphatic rings. The molecule has 19 heavy (non-hydrogen) atoms. The van der Waals surface area contributed by atoms with E-state index in [0.29, 0.717) is 12.0 Å². The molecule has 0 saturated carbocycles. The highest BCUT2D eigenvalue weighted by Gasteiger charge is 2.22. The van der Waals surface area contributed by atoms with Gasteiger partial charge >= 0.3 is 0 Å². The van der Waals surface area contributed by atoms with Crippen molar-refractivity contribution < 1.29 is 0 Å². The van der Waals surface area contributed by atoms with Gasteiger partial charge in [0.1, 0.15) is 0 Å². The van der Waals surface area contributed by atoms with Gasteiger partial charge in [0.2, 0.25) is 0 Å². The molecule has 0 fully saturated rings. The Morgan fingerprint density at radius 1 is 1.11 bits per heavy atom. The van der Waals surface area contributed by atoms with Gasteiger partial charge in [-0.1, -0.05) is 44.9 Å². The Morgan fingerprint density at radius 2 is 1.79 bits per heavy atom. The fraction of sp³-hybridized carbons (Fsp3) is 0.438. The average Bonchev–Trinajstić information content (AvgIpc) is 2.94. The van der Waals surface area contributed by atoms with Crippen molar-refractivity contribution in [3.8, 4) is 5.69 Å². The number of aromatic nitrogens is 2. The summed E-state index contributed by atoms with van der Waals surface area (Å²) < 4.78 is 2.04. The van der Waals surface area contributed by atoms with Crippen LogP contribution in [0.3, 0.4) is 0 Å². The predicted octanol–water partition coefficient (Wildman–Crippen LogP) is 3.57. The molecule has 2 aromatic rings. The Balaban J connectivity index is 2.38. The summed E-state index contributed by atoms with van der Waals surface area (Å²) in [5.41, 5.74) is 2.36. The largest absolute Gasteiger partial charge is 0.311 e. The van der Waals surface area contributed by atoms with Crippen molar-refractivity contribution in [1.29, 1.82) is 0 Å². The Hall–Kier alpha value is -1.61. The molecule has 1 aromatic heterocycles. The number of para-hydroxylation sites is 1. The fourth-order valence-corrected chi connectivity index (χ4v) is 2.72. The van der Waals surface area contributed by atoms with Gasteiger partial charge in [-0.3, -0.25) is 0 Å². The smallest absolute Gasteiger partial charge is 0.0649 e. The molecule has 1 atom stereocenters. The van der Waals surface area contributed by atoms with Crippen LogP contribution in [0.1, 0.15) is 38.4 Å². The molecule has 0 aliphatic heterocycles. The Labute approximate surface area is 115 Å². The van der Waals surface area contributed by atoms with E-state index in [1.807, 2.05) is 36.1 Å². The topological polar surface area (TPSA) is 29.9 Å². The van der Waals surface area contributed by atoms with Crippen molar-refractivity contribution >= 4 is 0 Å². The van der Waals surface area contributed by atoms with Crippen molar-refractivity contribution in [2.75, 3.05) is 7.05 Å². The Bertz CT molecular complexity index is 486. The van der Waals surface area contributed by atoms with Crippen molar-refractivity contribution in [3.05, 3.63) is 48.3 Å². The summed E-state index contributed by atoms with van der Waals surface area (Å²) in [4.78, 5) is 0. The standard InChI is InChI=1S/C16H23N3/c1-4-13(5-2)16(17-3)15-11-12-18-19(15)14-9-7-6-8-10-14/h6-13,16-17H,4-5H2,1-3H3. The van der Waals surface area contributed by atoms with E-state index in [4.69, 9.17) is 0 Å². The summed E-state index contributed by atoms with van der Waals surface area (Å²) in [6.07, 6.45) is 4.22. The first kappa shape index (κ1) is 13.8. The maximum atomic E-state index is 4.48. The third kappa shape index (κ3) is 2.87. The first-order valence-electron chi connectivity index (χ1n) is 7.08. The fourth-order valence-electron chi connectivity index (χ4n) is 2.72. The zero-order valence-electron chi connectivity index (χ0n) is 12.0. The van der Waals surface area contributed by atoms with Gasteiger partial charge in [-0.15, -0.1) is 0 Å². The van der Waals surface area contributed by atoms with E-state index < -0.39 is 0 Å². The maximum absolute atomic E-state index is 4.48. The molecule has 2 rings (SSSR count). The monoisotopic (exact) mass is 257 g/mol. The van der Waals surface area contributed by atoms with Crippen molar-refractivity contribution in [2.24, 2.45) is 5.92 Å². The molecule has 1 aromatic carbocycles. The van der Waals surface area contributed by atoms with E-state index in [2.05, 4.69) is 42.5 Å². The highest BCUT2D eigenvalue weighted by Crippen LogP contribution is 2.28. The van der Waals surface area contributed by atoms with Crippen LogP contribution in [0.25, 0.3) is 5.69 Å². The summed E-state index contributed by atoms with van der Waals surface area (Å²) in [5, 5.41) is 7.94. The Morgan fingerprint density at radius 3 is 2.37 bits per heavy atom. The third-order valence-corrected chi connectivity index (χ3v) is 3.82. The van der Waals surface area contributed by atoms with Gasteiger partial charge in [0.05, 0.1) is 17.4 Å². The highest BCUT2D eigenvalue weighted by atomic mass is 15.3. The summed E-state index contributed by atoms with van der Waals surface area (Å²) in [7, 11) is 2.03. The third-order valence-electron chi connectivity index (χ3n) is 3.82. The van der Waals surface area contributed by atoms with Crippen LogP contribution in [0.15, 0.2) is 42.6 Å². The first-order valence-corrected chi connectivity index (χ1v) is 7.08. The van der Waals surface area contributed by atoms with Gasteiger partial charge in [-0.05, 0) is 31.2 Å². The van der Waals surface area contributed by atoms with Crippen molar-refractivity contribution in [2.45, 2.75) is 32.7 Å². The van der Waals surface area contributed by atoms with Gasteiger partial charge in [-0.2, -0.15) is 5.10 Å². The van der Waals surface area contributed by atoms with Crippen LogP contribution in [-0.4, -0.2) is 16.8 Å². The minimum atomic E-state index is 0.345. The van der Waals surface area contributed by atoms with Crippen molar-refractivity contribution in [1.82, 2.24) is 15.1 Å². The summed E-state index contributed by atoms with van der Waals surface area (Å²) in [5.74, 6) is 0.629. The molecule has 0 spiro atoms. The maximum Gasteiger partial charge on any atom is 0.0649 e. The molecule has 0 aliphatic carbocycles. The molecule has 102 valence electrons. The quantitative estimate of drug-likeness (QED) is 0.857. The highest BCUT2D eigenvalue weighted by molar-refractivity contribution is 5.33. The molecule has 0 radical (unpaired) electrons. The number of benzene rings is 1. The van der Waals surface area contributed by atoms with Crippen LogP contribution in [0.4, 0.5) is 0 Å². The summed E-state index contributed by atoms with van der Waals surface area (Å²) in [6.45, 7) is 4.50. The molecule has 1 unspecified atom stereocenters. The lowest BCUT2D eigenvalue weighted by atomic mass is 9.92. The van der Waals surface area contributed by atoms with E-state index >= 15 is 0 Å². The molecule has 0 amide bonds. The Kier molecular flexibility index (Phi) is 4.74. The van der Waals surface area contributed by atoms with E-state index in [-0.39, 0.29) is 0 Å². The summed E-state index contributed by atoms with van der Waals surface area (Å²) in [6, 6.07) is 12.8. The van der Waals surface area contributed by atoms with Crippen LogP contribution in [-0.2, 0) is 0 Å². The van der Waals surface area contributed by atoms with Gasteiger partial charge in [-0.25, -0.2) is 4.68 Å². The van der Waals surface area contributed by atoms with Crippen molar-refractivity contribution in [3.63, 3.8) is 0 Å². The van der Waals surface area contributed by atoms with Gasteiger partial charge in [0.25, 0.3) is 0 Å². The number of hydrogen-bond acceptors (Lipinski definition) is 2. The lowest BCUT2D eigenvalue weighted by molar-refractivity contribution is 0.348. The number of rotatable bonds is 6. The SMILES string of the molecule is CCC(CC)C(NC)c1ccnn1-c1ccccc1. The lowest BCUT2D eigenvalue weighted by Gasteiger charge is -2.25. The second-order valence-electron chi connectivity index (χ2n) is 4.85. The average molecular weight is 257 g/mol. The van der Waals surface area contributed by atoms with Gasteiger partial charge < -0.3 is 5.32 Å².